The molecule has 5 heteroatoms. The molecule has 1 aliphatic heterocycles. The second-order valence-corrected chi connectivity index (χ2v) is 6.92. The molecule has 0 spiro atoms. The minimum absolute atomic E-state index is 0.0545. The minimum atomic E-state index is -0.0934. The van der Waals surface area contributed by atoms with Gasteiger partial charge in [0.15, 0.2) is 0 Å². The highest BCUT2D eigenvalue weighted by Gasteiger charge is 2.27. The van der Waals surface area contributed by atoms with Crippen LogP contribution in [0, 0.1) is 11.3 Å². The van der Waals surface area contributed by atoms with E-state index < -0.39 is 0 Å². The van der Waals surface area contributed by atoms with Gasteiger partial charge >= 0.3 is 0 Å². The highest BCUT2D eigenvalue weighted by molar-refractivity contribution is 5.96. The molecule has 1 atom stereocenters. The van der Waals surface area contributed by atoms with Crippen molar-refractivity contribution in [2.75, 3.05) is 7.05 Å². The summed E-state index contributed by atoms with van der Waals surface area (Å²) in [5.74, 6) is 0.671. The number of carbonyl (C=O) groups is 1. The molecule has 1 amide bonds. The molecule has 4 rings (SSSR count). The van der Waals surface area contributed by atoms with Crippen LogP contribution in [0.4, 0.5) is 0 Å². The normalized spacial score (nSPS) is 17.1. The molecule has 0 bridgehead atoms. The van der Waals surface area contributed by atoms with Gasteiger partial charge in [-0.15, -0.1) is 0 Å². The Kier molecular flexibility index (Phi) is 3.97. The first-order chi connectivity index (χ1) is 13.0. The Hall–Kier alpha value is -3.52. The third-order valence-electron chi connectivity index (χ3n) is 5.22. The molecule has 1 aliphatic rings. The van der Waals surface area contributed by atoms with Crippen molar-refractivity contribution in [3.05, 3.63) is 72.2 Å². The summed E-state index contributed by atoms with van der Waals surface area (Å²) in [4.78, 5) is 13.8. The second kappa shape index (κ2) is 6.33. The fraction of sp³-hybridized carbons (Fsp3) is 0.182. The fourth-order valence-electron chi connectivity index (χ4n) is 3.62. The molecule has 1 unspecified atom stereocenters. The van der Waals surface area contributed by atoms with Gasteiger partial charge in [-0.1, -0.05) is 24.8 Å². The Morgan fingerprint density at radius 3 is 2.78 bits per heavy atom. The largest absolute Gasteiger partial charge is 0.365 e. The molecular weight excluding hydrogens is 336 g/mol. The molecule has 1 aromatic heterocycles. The van der Waals surface area contributed by atoms with Crippen molar-refractivity contribution < 1.29 is 4.79 Å². The molecule has 5 nitrogen and oxygen atoms in total. The van der Waals surface area contributed by atoms with E-state index in [9.17, 15) is 10.1 Å². The van der Waals surface area contributed by atoms with Crippen LogP contribution in [0.3, 0.4) is 0 Å². The van der Waals surface area contributed by atoms with Crippen LogP contribution in [0.2, 0.25) is 0 Å². The minimum Gasteiger partial charge on any atom is -0.365 e. The van der Waals surface area contributed by atoms with E-state index in [0.717, 1.165) is 27.6 Å². The van der Waals surface area contributed by atoms with Gasteiger partial charge in [0.05, 0.1) is 24.1 Å². The first-order valence-corrected chi connectivity index (χ1v) is 8.79. The van der Waals surface area contributed by atoms with E-state index in [4.69, 9.17) is 0 Å². The van der Waals surface area contributed by atoms with Crippen LogP contribution in [0.5, 0.6) is 0 Å². The molecule has 0 radical (unpaired) electrons. The van der Waals surface area contributed by atoms with Gasteiger partial charge in [-0.2, -0.15) is 5.26 Å². The summed E-state index contributed by atoms with van der Waals surface area (Å²) < 4.78 is 2.08. The summed E-state index contributed by atoms with van der Waals surface area (Å²) in [5.41, 5.74) is 4.88. The predicted octanol–water partition coefficient (Wildman–Crippen LogP) is 3.68. The lowest BCUT2D eigenvalue weighted by Crippen LogP contribution is -2.42. The van der Waals surface area contributed by atoms with Crippen molar-refractivity contribution >= 4 is 16.8 Å². The third kappa shape index (κ3) is 2.85. The Morgan fingerprint density at radius 2 is 2.04 bits per heavy atom. The summed E-state index contributed by atoms with van der Waals surface area (Å²) in [6.07, 6.45) is 2.48. The van der Waals surface area contributed by atoms with Gasteiger partial charge in [0.1, 0.15) is 5.82 Å². The lowest BCUT2D eigenvalue weighted by Gasteiger charge is -2.32. The molecular formula is C22H20N4O. The molecule has 27 heavy (non-hydrogen) atoms. The molecule has 2 heterocycles. The van der Waals surface area contributed by atoms with E-state index in [1.807, 2.05) is 25.2 Å². The van der Waals surface area contributed by atoms with Crippen molar-refractivity contribution in [1.82, 2.24) is 14.8 Å². The quantitative estimate of drug-likeness (QED) is 0.762. The molecule has 1 N–H and O–H groups in total. The number of aryl methyl sites for hydroxylation is 1. The molecule has 2 aromatic carbocycles. The summed E-state index contributed by atoms with van der Waals surface area (Å²) >= 11 is 0. The van der Waals surface area contributed by atoms with Crippen molar-refractivity contribution in [3.63, 3.8) is 0 Å². The molecule has 0 aliphatic carbocycles. The number of nitrogens with zero attached hydrogens (tertiary/aromatic N) is 3. The van der Waals surface area contributed by atoms with E-state index in [-0.39, 0.29) is 11.9 Å². The predicted molar refractivity (Wildman–Crippen MR) is 105 cm³/mol. The summed E-state index contributed by atoms with van der Waals surface area (Å²) in [6, 6.07) is 16.0. The number of hydrogen-bond acceptors (Lipinski definition) is 3. The number of carbonyl (C=O) groups excluding carboxylic acids is 1. The Balaban J connectivity index is 1.81. The summed E-state index contributed by atoms with van der Waals surface area (Å²) in [5, 5.41) is 13.6. The standard InChI is InChI=1S/C22H20N4O/c1-14-24-20(11-22(27)26(14)3)17-7-8-21-18(10-17)19(13-25(21)2)16-6-4-5-15(9-16)12-23/h4-10,13,20,24H,1,11H2,2-3H3. The van der Waals surface area contributed by atoms with Crippen molar-refractivity contribution in [1.29, 1.82) is 5.26 Å². The molecule has 0 saturated carbocycles. The van der Waals surface area contributed by atoms with Gasteiger partial charge in [0.25, 0.3) is 0 Å². The maximum atomic E-state index is 12.2. The average molecular weight is 356 g/mol. The Morgan fingerprint density at radius 1 is 1.22 bits per heavy atom. The zero-order valence-electron chi connectivity index (χ0n) is 15.4. The zero-order chi connectivity index (χ0) is 19.1. The average Bonchev–Trinajstić information content (AvgIpc) is 3.02. The van der Waals surface area contributed by atoms with Gasteiger partial charge in [0.2, 0.25) is 5.91 Å². The number of aromatic nitrogens is 1. The molecule has 134 valence electrons. The van der Waals surface area contributed by atoms with Crippen LogP contribution < -0.4 is 5.32 Å². The van der Waals surface area contributed by atoms with E-state index in [0.29, 0.717) is 17.8 Å². The number of benzene rings is 2. The van der Waals surface area contributed by atoms with Crippen molar-refractivity contribution in [3.8, 4) is 17.2 Å². The van der Waals surface area contributed by atoms with Gasteiger partial charge in [-0.05, 0) is 35.4 Å². The van der Waals surface area contributed by atoms with Crippen LogP contribution in [0.1, 0.15) is 23.6 Å². The number of nitriles is 1. The van der Waals surface area contributed by atoms with E-state index in [2.05, 4.69) is 46.9 Å². The van der Waals surface area contributed by atoms with Crippen LogP contribution in [-0.2, 0) is 11.8 Å². The summed E-state index contributed by atoms with van der Waals surface area (Å²) in [6.45, 7) is 3.93. The van der Waals surface area contributed by atoms with Crippen LogP contribution in [-0.4, -0.2) is 22.4 Å². The molecule has 1 fully saturated rings. The lowest BCUT2D eigenvalue weighted by atomic mass is 9.97. The molecule has 3 aromatic rings. The number of rotatable bonds is 2. The van der Waals surface area contributed by atoms with Crippen LogP contribution in [0.25, 0.3) is 22.0 Å². The lowest BCUT2D eigenvalue weighted by molar-refractivity contribution is -0.130. The third-order valence-corrected chi connectivity index (χ3v) is 5.22. The first-order valence-electron chi connectivity index (χ1n) is 8.79. The van der Waals surface area contributed by atoms with E-state index in [1.54, 1.807) is 18.0 Å². The monoisotopic (exact) mass is 356 g/mol. The maximum Gasteiger partial charge on any atom is 0.230 e. The van der Waals surface area contributed by atoms with Gasteiger partial charge < -0.3 is 14.8 Å². The number of hydrogen-bond donors (Lipinski definition) is 1. The van der Waals surface area contributed by atoms with E-state index in [1.165, 1.54) is 0 Å². The van der Waals surface area contributed by atoms with Gasteiger partial charge in [-0.3, -0.25) is 4.79 Å². The van der Waals surface area contributed by atoms with E-state index >= 15 is 0 Å². The Bertz CT molecular complexity index is 1100. The summed E-state index contributed by atoms with van der Waals surface area (Å²) in [7, 11) is 3.74. The van der Waals surface area contributed by atoms with Crippen molar-refractivity contribution in [2.24, 2.45) is 7.05 Å². The topological polar surface area (TPSA) is 61.1 Å². The second-order valence-electron chi connectivity index (χ2n) is 6.92. The fourth-order valence-corrected chi connectivity index (χ4v) is 3.62. The number of amides is 1. The maximum absolute atomic E-state index is 12.2. The highest BCUT2D eigenvalue weighted by atomic mass is 16.2. The zero-order valence-corrected chi connectivity index (χ0v) is 15.4. The highest BCUT2D eigenvalue weighted by Crippen LogP contribution is 2.34. The van der Waals surface area contributed by atoms with Gasteiger partial charge in [-0.25, -0.2) is 0 Å². The number of nitrogens with one attached hydrogen (secondary N) is 1. The number of fused-ring (bicyclic) bond motifs is 1. The SMILES string of the molecule is C=C1NC(c2ccc3c(c2)c(-c2cccc(C#N)c2)cn3C)CC(=O)N1C. The van der Waals surface area contributed by atoms with Crippen LogP contribution >= 0.6 is 0 Å². The smallest absolute Gasteiger partial charge is 0.230 e. The first kappa shape index (κ1) is 16.9. The molecule has 1 saturated heterocycles. The Labute approximate surface area is 158 Å². The van der Waals surface area contributed by atoms with Crippen LogP contribution in [0.15, 0.2) is 61.1 Å². The van der Waals surface area contributed by atoms with Gasteiger partial charge in [0, 0.05) is 36.8 Å². The van der Waals surface area contributed by atoms with Crippen molar-refractivity contribution in [2.45, 2.75) is 12.5 Å².